The third-order valence-corrected chi connectivity index (χ3v) is 1.97. The highest BCUT2D eigenvalue weighted by molar-refractivity contribution is 5.84. The Balaban J connectivity index is 2.88. The molecule has 1 heterocycles. The van der Waals surface area contributed by atoms with Gasteiger partial charge >= 0.3 is 0 Å². The summed E-state index contributed by atoms with van der Waals surface area (Å²) in [5.74, 6) is 0. The number of nitrogens with two attached hydrogens (primary N) is 1. The topological polar surface area (TPSA) is 43.8 Å². The summed E-state index contributed by atoms with van der Waals surface area (Å²) >= 11 is 0. The molecule has 0 spiro atoms. The summed E-state index contributed by atoms with van der Waals surface area (Å²) in [5, 5.41) is 5.44. The first-order valence-electron chi connectivity index (χ1n) is 3.86. The van der Waals surface area contributed by atoms with Gasteiger partial charge in [-0.2, -0.15) is 5.10 Å². The molecule has 3 heteroatoms. The Labute approximate surface area is 70.8 Å². The molecule has 2 aromatic rings. The fraction of sp³-hybridized carbons (Fsp3) is 0.222. The first kappa shape index (κ1) is 7.16. The molecular formula is C9H11N3. The van der Waals surface area contributed by atoms with Crippen molar-refractivity contribution in [2.45, 2.75) is 6.92 Å². The van der Waals surface area contributed by atoms with Crippen LogP contribution in [-0.4, -0.2) is 9.78 Å². The molecule has 0 saturated carbocycles. The van der Waals surface area contributed by atoms with E-state index in [9.17, 15) is 0 Å². The number of rotatable bonds is 0. The van der Waals surface area contributed by atoms with Gasteiger partial charge in [0.2, 0.25) is 0 Å². The Bertz CT molecular complexity index is 429. The first-order valence-corrected chi connectivity index (χ1v) is 3.86. The van der Waals surface area contributed by atoms with Crippen molar-refractivity contribution < 1.29 is 0 Å². The summed E-state index contributed by atoms with van der Waals surface area (Å²) in [7, 11) is 1.91. The van der Waals surface area contributed by atoms with Crippen molar-refractivity contribution in [1.82, 2.24) is 9.78 Å². The predicted octanol–water partition coefficient (Wildman–Crippen LogP) is 1.46. The molecule has 12 heavy (non-hydrogen) atoms. The maximum absolute atomic E-state index is 5.68. The normalized spacial score (nSPS) is 10.8. The second-order valence-electron chi connectivity index (χ2n) is 3.07. The van der Waals surface area contributed by atoms with Crippen LogP contribution in [0.4, 0.5) is 5.69 Å². The summed E-state index contributed by atoms with van der Waals surface area (Å²) in [4.78, 5) is 0. The number of nitrogen functional groups attached to an aromatic ring is 1. The molecule has 2 N–H and O–H groups in total. The van der Waals surface area contributed by atoms with Crippen molar-refractivity contribution in [2.24, 2.45) is 7.05 Å². The lowest BCUT2D eigenvalue weighted by molar-refractivity contribution is 0.780. The number of anilines is 1. The maximum Gasteiger partial charge on any atom is 0.0946 e. The van der Waals surface area contributed by atoms with Crippen LogP contribution in [0.5, 0.6) is 0 Å². The summed E-state index contributed by atoms with van der Waals surface area (Å²) in [6.45, 7) is 2.04. The average Bonchev–Trinajstić information content (AvgIpc) is 2.29. The van der Waals surface area contributed by atoms with Crippen LogP contribution in [0.25, 0.3) is 10.9 Å². The van der Waals surface area contributed by atoms with Crippen molar-refractivity contribution in [3.63, 3.8) is 0 Å². The Morgan fingerprint density at radius 1 is 1.42 bits per heavy atom. The smallest absolute Gasteiger partial charge is 0.0946 e. The quantitative estimate of drug-likeness (QED) is 0.594. The van der Waals surface area contributed by atoms with E-state index >= 15 is 0 Å². The van der Waals surface area contributed by atoms with Crippen molar-refractivity contribution in [3.05, 3.63) is 23.9 Å². The van der Waals surface area contributed by atoms with Gasteiger partial charge in [0.1, 0.15) is 0 Å². The lowest BCUT2D eigenvalue weighted by Crippen LogP contribution is -1.86. The minimum atomic E-state index is 0.777. The van der Waals surface area contributed by atoms with Gasteiger partial charge in [0, 0.05) is 24.3 Å². The molecule has 0 saturated heterocycles. The second kappa shape index (κ2) is 2.24. The summed E-state index contributed by atoms with van der Waals surface area (Å²) in [5.41, 5.74) is 8.61. The van der Waals surface area contributed by atoms with Crippen LogP contribution in [0.3, 0.4) is 0 Å². The van der Waals surface area contributed by atoms with Gasteiger partial charge in [-0.05, 0) is 24.6 Å². The van der Waals surface area contributed by atoms with Crippen LogP contribution >= 0.6 is 0 Å². The predicted molar refractivity (Wildman–Crippen MR) is 49.9 cm³/mol. The van der Waals surface area contributed by atoms with E-state index in [0.717, 1.165) is 11.2 Å². The fourth-order valence-corrected chi connectivity index (χ4v) is 1.44. The fourth-order valence-electron chi connectivity index (χ4n) is 1.44. The van der Waals surface area contributed by atoms with Crippen LogP contribution in [0.1, 0.15) is 5.56 Å². The van der Waals surface area contributed by atoms with Crippen LogP contribution in [0.2, 0.25) is 0 Å². The van der Waals surface area contributed by atoms with Gasteiger partial charge in [0.05, 0.1) is 5.52 Å². The Hall–Kier alpha value is -1.51. The molecule has 0 unspecified atom stereocenters. The molecule has 0 aliphatic carbocycles. The Kier molecular flexibility index (Phi) is 1.33. The highest BCUT2D eigenvalue weighted by atomic mass is 15.2. The van der Waals surface area contributed by atoms with Crippen LogP contribution in [0.15, 0.2) is 18.3 Å². The van der Waals surface area contributed by atoms with Gasteiger partial charge in [-0.15, -0.1) is 0 Å². The first-order chi connectivity index (χ1) is 5.66. The van der Waals surface area contributed by atoms with E-state index in [-0.39, 0.29) is 0 Å². The molecule has 0 bridgehead atoms. The van der Waals surface area contributed by atoms with Crippen LogP contribution in [0, 0.1) is 6.92 Å². The van der Waals surface area contributed by atoms with E-state index in [1.807, 2.05) is 32.3 Å². The molecule has 2 rings (SSSR count). The number of benzene rings is 1. The number of fused-ring (bicyclic) bond motifs is 1. The van der Waals surface area contributed by atoms with E-state index in [0.29, 0.717) is 0 Å². The molecular weight excluding hydrogens is 150 g/mol. The summed E-state index contributed by atoms with van der Waals surface area (Å²) in [6, 6.07) is 3.85. The molecule has 0 amide bonds. The monoisotopic (exact) mass is 161 g/mol. The van der Waals surface area contributed by atoms with Crippen molar-refractivity contribution >= 4 is 16.6 Å². The lowest BCUT2D eigenvalue weighted by atomic mass is 10.1. The number of aryl methyl sites for hydroxylation is 2. The van der Waals surface area contributed by atoms with Crippen LogP contribution in [-0.2, 0) is 7.05 Å². The minimum Gasteiger partial charge on any atom is -0.399 e. The van der Waals surface area contributed by atoms with E-state index < -0.39 is 0 Å². The summed E-state index contributed by atoms with van der Waals surface area (Å²) in [6.07, 6.45) is 2.00. The number of nitrogens with zero attached hydrogens (tertiary/aromatic N) is 2. The number of hydrogen-bond acceptors (Lipinski definition) is 2. The van der Waals surface area contributed by atoms with Crippen LogP contribution < -0.4 is 5.73 Å². The molecule has 1 aromatic carbocycles. The van der Waals surface area contributed by atoms with Gasteiger partial charge < -0.3 is 5.73 Å². The third-order valence-electron chi connectivity index (χ3n) is 1.97. The molecule has 0 atom stereocenters. The molecule has 0 aliphatic heterocycles. The molecule has 0 radical (unpaired) electrons. The Morgan fingerprint density at radius 2 is 2.17 bits per heavy atom. The maximum atomic E-state index is 5.68. The van der Waals surface area contributed by atoms with E-state index in [1.54, 1.807) is 4.68 Å². The van der Waals surface area contributed by atoms with E-state index in [4.69, 9.17) is 5.73 Å². The van der Waals surface area contributed by atoms with Gasteiger partial charge in [-0.1, -0.05) is 0 Å². The summed E-state index contributed by atoms with van der Waals surface area (Å²) < 4.78 is 1.80. The zero-order valence-corrected chi connectivity index (χ0v) is 7.20. The molecule has 62 valence electrons. The molecule has 1 aromatic heterocycles. The van der Waals surface area contributed by atoms with Gasteiger partial charge in [-0.25, -0.2) is 0 Å². The molecule has 3 nitrogen and oxygen atoms in total. The zero-order valence-electron chi connectivity index (χ0n) is 7.20. The molecule has 0 aliphatic rings. The minimum absolute atomic E-state index is 0.777. The average molecular weight is 161 g/mol. The van der Waals surface area contributed by atoms with Gasteiger partial charge in [0.25, 0.3) is 0 Å². The molecule has 0 fully saturated rings. The van der Waals surface area contributed by atoms with Gasteiger partial charge in [-0.3, -0.25) is 4.68 Å². The van der Waals surface area contributed by atoms with E-state index in [1.165, 1.54) is 10.9 Å². The highest BCUT2D eigenvalue weighted by Gasteiger charge is 2.01. The largest absolute Gasteiger partial charge is 0.399 e. The number of aromatic nitrogens is 2. The SMILES string of the molecule is Cc1cc(N)cc2nn(C)cc12. The van der Waals surface area contributed by atoms with Crippen molar-refractivity contribution in [3.8, 4) is 0 Å². The van der Waals surface area contributed by atoms with Crippen molar-refractivity contribution in [2.75, 3.05) is 5.73 Å². The van der Waals surface area contributed by atoms with Gasteiger partial charge in [0.15, 0.2) is 0 Å². The standard InChI is InChI=1S/C9H11N3/c1-6-3-7(10)4-9-8(6)5-12(2)11-9/h3-5H,10H2,1-2H3. The zero-order chi connectivity index (χ0) is 8.72. The lowest BCUT2D eigenvalue weighted by Gasteiger charge is -1.95. The second-order valence-corrected chi connectivity index (χ2v) is 3.07. The third kappa shape index (κ3) is 0.942. The Morgan fingerprint density at radius 3 is 2.92 bits per heavy atom. The number of hydrogen-bond donors (Lipinski definition) is 1. The van der Waals surface area contributed by atoms with E-state index in [2.05, 4.69) is 5.10 Å². The highest BCUT2D eigenvalue weighted by Crippen LogP contribution is 2.19. The van der Waals surface area contributed by atoms with Crippen molar-refractivity contribution in [1.29, 1.82) is 0 Å².